The molecule has 0 aliphatic rings. The molecule has 0 saturated heterocycles. The summed E-state index contributed by atoms with van der Waals surface area (Å²) in [6.07, 6.45) is -3.58. The van der Waals surface area contributed by atoms with E-state index in [-0.39, 0.29) is 23.9 Å². The van der Waals surface area contributed by atoms with Gasteiger partial charge in [0.15, 0.2) is 0 Å². The van der Waals surface area contributed by atoms with Crippen LogP contribution >= 0.6 is 0 Å². The van der Waals surface area contributed by atoms with E-state index in [0.29, 0.717) is 0 Å². The van der Waals surface area contributed by atoms with Gasteiger partial charge in [-0.1, -0.05) is 17.7 Å². The van der Waals surface area contributed by atoms with Crippen molar-refractivity contribution >= 4 is 16.0 Å². The van der Waals surface area contributed by atoms with E-state index < -0.39 is 21.9 Å². The van der Waals surface area contributed by atoms with Gasteiger partial charge in [0.1, 0.15) is 5.69 Å². The number of halogens is 3. The van der Waals surface area contributed by atoms with Crippen LogP contribution in [0.15, 0.2) is 41.4 Å². The second kappa shape index (κ2) is 7.14. The first-order chi connectivity index (χ1) is 11.2. The van der Waals surface area contributed by atoms with Crippen LogP contribution < -0.4 is 10.0 Å². The molecular weight excluding hydrogens is 345 g/mol. The Morgan fingerprint density at radius 3 is 2.38 bits per heavy atom. The number of sulfonamides is 1. The Morgan fingerprint density at radius 1 is 1.08 bits per heavy atom. The Bertz CT molecular complexity index is 792. The lowest BCUT2D eigenvalue weighted by atomic mass is 10.2. The number of hydrogen-bond donors (Lipinski definition) is 2. The van der Waals surface area contributed by atoms with E-state index in [1.807, 2.05) is 6.92 Å². The van der Waals surface area contributed by atoms with E-state index in [2.05, 4.69) is 20.0 Å². The molecule has 0 bridgehead atoms. The number of benzene rings is 1. The van der Waals surface area contributed by atoms with E-state index in [4.69, 9.17) is 0 Å². The molecule has 0 atom stereocenters. The van der Waals surface area contributed by atoms with Crippen LogP contribution in [0.25, 0.3) is 0 Å². The van der Waals surface area contributed by atoms with Gasteiger partial charge in [0.2, 0.25) is 16.0 Å². The van der Waals surface area contributed by atoms with Gasteiger partial charge in [0.25, 0.3) is 0 Å². The van der Waals surface area contributed by atoms with Gasteiger partial charge in [-0.25, -0.2) is 23.1 Å². The van der Waals surface area contributed by atoms with Gasteiger partial charge in [-0.05, 0) is 25.1 Å². The van der Waals surface area contributed by atoms with E-state index in [1.54, 1.807) is 12.1 Å². The highest BCUT2D eigenvalue weighted by atomic mass is 32.2. The zero-order valence-electron chi connectivity index (χ0n) is 12.6. The first kappa shape index (κ1) is 18.1. The normalized spacial score (nSPS) is 12.2. The van der Waals surface area contributed by atoms with Crippen LogP contribution in [0.1, 0.15) is 11.3 Å². The first-order valence-corrected chi connectivity index (χ1v) is 8.37. The molecule has 10 heteroatoms. The van der Waals surface area contributed by atoms with Crippen molar-refractivity contribution in [2.24, 2.45) is 0 Å². The van der Waals surface area contributed by atoms with Crippen LogP contribution in [0.4, 0.5) is 19.1 Å². The summed E-state index contributed by atoms with van der Waals surface area (Å²) < 4.78 is 63.9. The summed E-state index contributed by atoms with van der Waals surface area (Å²) in [5.41, 5.74) is -0.141. The molecular formula is C14H15F3N4O2S. The van der Waals surface area contributed by atoms with Crippen LogP contribution in [-0.4, -0.2) is 31.5 Å². The minimum Gasteiger partial charge on any atom is -0.353 e. The van der Waals surface area contributed by atoms with Gasteiger partial charge >= 0.3 is 6.18 Å². The lowest BCUT2D eigenvalue weighted by Crippen LogP contribution is -2.29. The lowest BCUT2D eigenvalue weighted by Gasteiger charge is -2.10. The summed E-state index contributed by atoms with van der Waals surface area (Å²) >= 11 is 0. The molecule has 0 spiro atoms. The number of alkyl halides is 3. The molecule has 0 aliphatic carbocycles. The third-order valence-corrected chi connectivity index (χ3v) is 4.45. The van der Waals surface area contributed by atoms with Crippen molar-refractivity contribution in [3.63, 3.8) is 0 Å². The molecule has 24 heavy (non-hydrogen) atoms. The molecule has 0 aliphatic heterocycles. The molecule has 130 valence electrons. The number of hydrogen-bond acceptors (Lipinski definition) is 5. The molecule has 0 saturated carbocycles. The Hall–Kier alpha value is -2.20. The van der Waals surface area contributed by atoms with Gasteiger partial charge in [0.05, 0.1) is 4.90 Å². The van der Waals surface area contributed by atoms with E-state index in [9.17, 15) is 21.6 Å². The predicted octanol–water partition coefficient (Wildman–Crippen LogP) is 2.19. The third-order valence-electron chi connectivity index (χ3n) is 2.98. The van der Waals surface area contributed by atoms with Crippen LogP contribution in [0, 0.1) is 6.92 Å². The van der Waals surface area contributed by atoms with Crippen LogP contribution in [0.5, 0.6) is 0 Å². The van der Waals surface area contributed by atoms with Gasteiger partial charge in [-0.15, -0.1) is 0 Å². The maximum Gasteiger partial charge on any atom is 0.433 e. The highest BCUT2D eigenvalue weighted by Gasteiger charge is 2.32. The largest absolute Gasteiger partial charge is 0.433 e. The van der Waals surface area contributed by atoms with Gasteiger partial charge in [-0.3, -0.25) is 0 Å². The number of aryl methyl sites for hydroxylation is 1. The Balaban J connectivity index is 1.90. The number of aromatic nitrogens is 2. The minimum absolute atomic E-state index is 0.0319. The van der Waals surface area contributed by atoms with Crippen LogP contribution in [-0.2, 0) is 16.2 Å². The zero-order chi connectivity index (χ0) is 17.8. The van der Waals surface area contributed by atoms with E-state index >= 15 is 0 Å². The first-order valence-electron chi connectivity index (χ1n) is 6.89. The summed E-state index contributed by atoms with van der Waals surface area (Å²) in [6.45, 7) is 1.84. The fourth-order valence-electron chi connectivity index (χ4n) is 1.76. The molecule has 6 nitrogen and oxygen atoms in total. The van der Waals surface area contributed by atoms with Crippen molar-refractivity contribution in [2.45, 2.75) is 18.0 Å². The second-order valence-corrected chi connectivity index (χ2v) is 6.67. The van der Waals surface area contributed by atoms with Crippen LogP contribution in [0.2, 0.25) is 0 Å². The topological polar surface area (TPSA) is 84.0 Å². The summed E-state index contributed by atoms with van der Waals surface area (Å²) in [7, 11) is -3.67. The molecule has 2 aromatic rings. The molecule has 0 fully saturated rings. The summed E-state index contributed by atoms with van der Waals surface area (Å²) in [4.78, 5) is 7.09. The second-order valence-electron chi connectivity index (χ2n) is 4.90. The predicted molar refractivity (Wildman–Crippen MR) is 81.9 cm³/mol. The number of nitrogens with one attached hydrogen (secondary N) is 2. The Labute approximate surface area is 137 Å². The molecule has 2 rings (SSSR count). The van der Waals surface area contributed by atoms with Crippen molar-refractivity contribution in [1.29, 1.82) is 0 Å². The maximum absolute atomic E-state index is 12.5. The van der Waals surface area contributed by atoms with Gasteiger partial charge < -0.3 is 5.32 Å². The van der Waals surface area contributed by atoms with Crippen molar-refractivity contribution in [3.05, 3.63) is 47.8 Å². The third kappa shape index (κ3) is 4.90. The molecule has 2 N–H and O–H groups in total. The maximum atomic E-state index is 12.5. The molecule has 0 unspecified atom stereocenters. The number of nitrogens with zero attached hydrogens (tertiary/aromatic N) is 2. The minimum atomic E-state index is -4.56. The molecule has 1 heterocycles. The van der Waals surface area contributed by atoms with E-state index in [1.165, 1.54) is 12.1 Å². The highest BCUT2D eigenvalue weighted by Crippen LogP contribution is 2.27. The monoisotopic (exact) mass is 360 g/mol. The standard InChI is InChI=1S/C14H15F3N4O2S/c1-10-2-4-11(5-3-10)24(22,23)20-9-8-19-13-18-7-6-12(21-13)14(15,16)17/h2-7,20H,8-9H2,1H3,(H,18,19,21). The lowest BCUT2D eigenvalue weighted by molar-refractivity contribution is -0.141. The summed E-state index contributed by atoms with van der Waals surface area (Å²) in [5, 5.41) is 2.54. The zero-order valence-corrected chi connectivity index (χ0v) is 13.4. The SMILES string of the molecule is Cc1ccc(S(=O)(=O)NCCNc2nccc(C(F)(F)F)n2)cc1. The number of anilines is 1. The summed E-state index contributed by atoms with van der Waals surface area (Å²) in [6, 6.07) is 7.04. The Morgan fingerprint density at radius 2 is 1.75 bits per heavy atom. The smallest absolute Gasteiger partial charge is 0.353 e. The fraction of sp³-hybridized carbons (Fsp3) is 0.286. The van der Waals surface area contributed by atoms with Crippen molar-refractivity contribution in [1.82, 2.24) is 14.7 Å². The average Bonchev–Trinajstić information content (AvgIpc) is 2.51. The molecule has 0 radical (unpaired) electrons. The fourth-order valence-corrected chi connectivity index (χ4v) is 2.79. The van der Waals surface area contributed by atoms with E-state index in [0.717, 1.165) is 17.8 Å². The van der Waals surface area contributed by atoms with Crippen molar-refractivity contribution < 1.29 is 21.6 Å². The molecule has 0 amide bonds. The average molecular weight is 360 g/mol. The quantitative estimate of drug-likeness (QED) is 0.772. The number of rotatable bonds is 6. The highest BCUT2D eigenvalue weighted by molar-refractivity contribution is 7.89. The summed E-state index contributed by atoms with van der Waals surface area (Å²) in [5.74, 6) is -0.223. The van der Waals surface area contributed by atoms with Crippen molar-refractivity contribution in [2.75, 3.05) is 18.4 Å². The Kier molecular flexibility index (Phi) is 5.40. The van der Waals surface area contributed by atoms with Gasteiger partial charge in [0, 0.05) is 19.3 Å². The molecule has 1 aromatic heterocycles. The van der Waals surface area contributed by atoms with Gasteiger partial charge in [-0.2, -0.15) is 13.2 Å². The van der Waals surface area contributed by atoms with Crippen molar-refractivity contribution in [3.8, 4) is 0 Å². The molecule has 1 aromatic carbocycles. The van der Waals surface area contributed by atoms with Crippen LogP contribution in [0.3, 0.4) is 0 Å².